The highest BCUT2D eigenvalue weighted by atomic mass is 79.9. The van der Waals surface area contributed by atoms with E-state index in [0.29, 0.717) is 4.47 Å². The summed E-state index contributed by atoms with van der Waals surface area (Å²) in [5, 5.41) is 2.71. The van der Waals surface area contributed by atoms with Crippen molar-refractivity contribution in [3.05, 3.63) is 63.6 Å². The van der Waals surface area contributed by atoms with Crippen molar-refractivity contribution in [3.63, 3.8) is 0 Å². The van der Waals surface area contributed by atoms with E-state index in [9.17, 15) is 17.6 Å². The highest BCUT2D eigenvalue weighted by Crippen LogP contribution is 2.36. The maximum absolute atomic E-state index is 14.0. The van der Waals surface area contributed by atoms with Gasteiger partial charge in [0, 0.05) is 28.0 Å². The molecule has 0 saturated heterocycles. The molecule has 2 rings (SSSR count). The summed E-state index contributed by atoms with van der Waals surface area (Å²) in [6.45, 7) is 0. The molecule has 2 aromatic rings. The van der Waals surface area contributed by atoms with Crippen molar-refractivity contribution < 1.29 is 17.6 Å². The molecule has 0 bridgehead atoms. The van der Waals surface area contributed by atoms with Crippen molar-refractivity contribution in [3.8, 4) is 0 Å². The van der Waals surface area contributed by atoms with Crippen LogP contribution in [0.2, 0.25) is 0 Å². The van der Waals surface area contributed by atoms with Crippen LogP contribution in [-0.2, 0) is 6.18 Å². The Balaban J connectivity index is 2.60. The van der Waals surface area contributed by atoms with Gasteiger partial charge in [0.15, 0.2) is 0 Å². The molecule has 0 aliphatic heterocycles. The Morgan fingerprint density at radius 2 is 1.90 bits per heavy atom. The predicted molar refractivity (Wildman–Crippen MR) is 74.2 cm³/mol. The third-order valence-corrected chi connectivity index (χ3v) is 3.52. The summed E-state index contributed by atoms with van der Waals surface area (Å²) in [5.41, 5.74) is -0.842. The Morgan fingerprint density at radius 3 is 2.52 bits per heavy atom. The summed E-state index contributed by atoms with van der Waals surface area (Å²) in [6.07, 6.45) is -2.36. The van der Waals surface area contributed by atoms with Crippen LogP contribution in [0.4, 0.5) is 17.6 Å². The average Bonchev–Trinajstić information content (AvgIpc) is 2.43. The van der Waals surface area contributed by atoms with Crippen LogP contribution in [0.15, 0.2) is 41.1 Å². The maximum atomic E-state index is 14.0. The number of pyridine rings is 1. The molecule has 1 aromatic heterocycles. The van der Waals surface area contributed by atoms with Gasteiger partial charge in [0.1, 0.15) is 5.82 Å². The predicted octanol–water partition coefficient (Wildman–Crippen LogP) is 4.31. The molecule has 0 radical (unpaired) electrons. The molecule has 0 aliphatic carbocycles. The first-order valence-electron chi connectivity index (χ1n) is 5.98. The number of hydrogen-bond donors (Lipinski definition) is 1. The number of rotatable bonds is 3. The van der Waals surface area contributed by atoms with Crippen LogP contribution < -0.4 is 5.32 Å². The van der Waals surface area contributed by atoms with E-state index in [1.807, 2.05) is 0 Å². The van der Waals surface area contributed by atoms with Gasteiger partial charge in [-0.3, -0.25) is 4.98 Å². The van der Waals surface area contributed by atoms with E-state index in [1.165, 1.54) is 25.2 Å². The van der Waals surface area contributed by atoms with Crippen molar-refractivity contribution in [1.82, 2.24) is 10.3 Å². The average molecular weight is 363 g/mol. The maximum Gasteiger partial charge on any atom is 0.416 e. The second-order valence-electron chi connectivity index (χ2n) is 4.35. The molecule has 0 amide bonds. The lowest BCUT2D eigenvalue weighted by molar-refractivity contribution is -0.138. The van der Waals surface area contributed by atoms with Gasteiger partial charge in [0.2, 0.25) is 0 Å². The second-order valence-corrected chi connectivity index (χ2v) is 5.26. The Hall–Kier alpha value is -1.47. The van der Waals surface area contributed by atoms with Gasteiger partial charge in [-0.1, -0.05) is 15.9 Å². The minimum atomic E-state index is -4.53. The number of benzene rings is 1. The molecule has 1 N–H and O–H groups in total. The summed E-state index contributed by atoms with van der Waals surface area (Å²) in [6, 6.07) is 4.07. The van der Waals surface area contributed by atoms with Crippen LogP contribution in [0.25, 0.3) is 0 Å². The first kappa shape index (κ1) is 15.9. The fraction of sp³-hybridized carbons (Fsp3) is 0.214. The van der Waals surface area contributed by atoms with Crippen LogP contribution in [0.3, 0.4) is 0 Å². The Morgan fingerprint density at radius 1 is 1.19 bits per heavy atom. The zero-order valence-electron chi connectivity index (χ0n) is 10.9. The Kier molecular flexibility index (Phi) is 4.63. The standard InChI is InChI=1S/C14H11BrF4N2/c1-20-13(9-6-8(15)2-3-12(9)16)10-7-21-5-4-11(10)14(17,18)19/h2-7,13,20H,1H3. The van der Waals surface area contributed by atoms with Gasteiger partial charge < -0.3 is 5.32 Å². The minimum Gasteiger partial charge on any atom is -0.309 e. The van der Waals surface area contributed by atoms with Crippen LogP contribution in [0, 0.1) is 5.82 Å². The van der Waals surface area contributed by atoms with Gasteiger partial charge in [-0.25, -0.2) is 4.39 Å². The van der Waals surface area contributed by atoms with E-state index in [2.05, 4.69) is 26.2 Å². The molecule has 0 fully saturated rings. The van der Waals surface area contributed by atoms with Crippen LogP contribution in [-0.4, -0.2) is 12.0 Å². The molecule has 2 nitrogen and oxygen atoms in total. The number of nitrogens with one attached hydrogen (secondary N) is 1. The first-order valence-corrected chi connectivity index (χ1v) is 6.77. The SMILES string of the molecule is CNC(c1cc(Br)ccc1F)c1cnccc1C(F)(F)F. The van der Waals surface area contributed by atoms with E-state index in [1.54, 1.807) is 0 Å². The number of aromatic nitrogens is 1. The minimum absolute atomic E-state index is 0.116. The molecule has 1 unspecified atom stereocenters. The fourth-order valence-electron chi connectivity index (χ4n) is 2.11. The normalized spacial score (nSPS) is 13.2. The zero-order chi connectivity index (χ0) is 15.6. The van der Waals surface area contributed by atoms with Gasteiger partial charge in [-0.15, -0.1) is 0 Å². The van der Waals surface area contributed by atoms with E-state index in [-0.39, 0.29) is 11.1 Å². The van der Waals surface area contributed by atoms with Crippen LogP contribution in [0.1, 0.15) is 22.7 Å². The smallest absolute Gasteiger partial charge is 0.309 e. The summed E-state index contributed by atoms with van der Waals surface area (Å²) >= 11 is 3.19. The van der Waals surface area contributed by atoms with Crippen LogP contribution >= 0.6 is 15.9 Å². The number of hydrogen-bond acceptors (Lipinski definition) is 2. The molecule has 7 heteroatoms. The van der Waals surface area contributed by atoms with Crippen molar-refractivity contribution in [1.29, 1.82) is 0 Å². The Labute approximate surface area is 127 Å². The zero-order valence-corrected chi connectivity index (χ0v) is 12.5. The third-order valence-electron chi connectivity index (χ3n) is 3.03. The number of halogens is 5. The van der Waals surface area contributed by atoms with Gasteiger partial charge in [-0.2, -0.15) is 13.2 Å². The van der Waals surface area contributed by atoms with Gasteiger partial charge in [0.25, 0.3) is 0 Å². The quantitative estimate of drug-likeness (QED) is 0.823. The molecule has 21 heavy (non-hydrogen) atoms. The lowest BCUT2D eigenvalue weighted by Crippen LogP contribution is -2.23. The molecule has 1 atom stereocenters. The molecule has 0 saturated carbocycles. The summed E-state index contributed by atoms with van der Waals surface area (Å²) in [4.78, 5) is 3.73. The Bertz CT molecular complexity index is 643. The monoisotopic (exact) mass is 362 g/mol. The molecular weight excluding hydrogens is 352 g/mol. The van der Waals surface area contributed by atoms with Gasteiger partial charge in [0.05, 0.1) is 11.6 Å². The van der Waals surface area contributed by atoms with Gasteiger partial charge >= 0.3 is 6.18 Å². The van der Waals surface area contributed by atoms with E-state index >= 15 is 0 Å². The summed E-state index contributed by atoms with van der Waals surface area (Å²) in [7, 11) is 1.47. The van der Waals surface area contributed by atoms with E-state index in [0.717, 1.165) is 18.5 Å². The number of alkyl halides is 3. The van der Waals surface area contributed by atoms with Gasteiger partial charge in [-0.05, 0) is 31.3 Å². The van der Waals surface area contributed by atoms with Crippen molar-refractivity contribution in [2.75, 3.05) is 7.05 Å². The molecule has 1 aromatic carbocycles. The fourth-order valence-corrected chi connectivity index (χ4v) is 2.49. The summed E-state index contributed by atoms with van der Waals surface area (Å²) in [5.74, 6) is -0.588. The number of nitrogens with zero attached hydrogens (tertiary/aromatic N) is 1. The molecular formula is C14H11BrF4N2. The van der Waals surface area contributed by atoms with E-state index < -0.39 is 23.6 Å². The first-order chi connectivity index (χ1) is 9.84. The van der Waals surface area contributed by atoms with Crippen LogP contribution in [0.5, 0.6) is 0 Å². The molecule has 0 spiro atoms. The second kappa shape index (κ2) is 6.11. The lowest BCUT2D eigenvalue weighted by atomic mass is 9.95. The topological polar surface area (TPSA) is 24.9 Å². The van der Waals surface area contributed by atoms with Crippen molar-refractivity contribution >= 4 is 15.9 Å². The molecule has 112 valence electrons. The highest BCUT2D eigenvalue weighted by Gasteiger charge is 2.35. The lowest BCUT2D eigenvalue weighted by Gasteiger charge is -2.21. The largest absolute Gasteiger partial charge is 0.416 e. The molecule has 0 aliphatic rings. The highest BCUT2D eigenvalue weighted by molar-refractivity contribution is 9.10. The summed E-state index contributed by atoms with van der Waals surface area (Å²) < 4.78 is 53.8. The third kappa shape index (κ3) is 3.41. The van der Waals surface area contributed by atoms with E-state index in [4.69, 9.17) is 0 Å². The van der Waals surface area contributed by atoms with Crippen molar-refractivity contribution in [2.45, 2.75) is 12.2 Å². The molecule has 1 heterocycles. The van der Waals surface area contributed by atoms with Crippen molar-refractivity contribution in [2.24, 2.45) is 0 Å².